The van der Waals surface area contributed by atoms with Crippen molar-refractivity contribution in [3.05, 3.63) is 27.9 Å². The second-order valence-electron chi connectivity index (χ2n) is 5.57. The lowest BCUT2D eigenvalue weighted by Gasteiger charge is -2.32. The molecule has 5 nitrogen and oxygen atoms in total. The normalized spacial score (nSPS) is 23.4. The van der Waals surface area contributed by atoms with E-state index >= 15 is 0 Å². The summed E-state index contributed by atoms with van der Waals surface area (Å²) in [5.41, 5.74) is 0.608. The molecule has 5 heteroatoms. The van der Waals surface area contributed by atoms with Crippen molar-refractivity contribution in [1.82, 2.24) is 14.9 Å². The molecule has 0 aromatic carbocycles. The van der Waals surface area contributed by atoms with Gasteiger partial charge in [0, 0.05) is 18.5 Å². The topological polar surface area (TPSA) is 66.1 Å². The SMILES string of the molecule is Cc1nc([C@H]2CCCN2C(=O)C2CCC2)cc(=O)[nH]1. The Morgan fingerprint density at radius 3 is 2.79 bits per heavy atom. The van der Waals surface area contributed by atoms with Crippen LogP contribution in [0, 0.1) is 12.8 Å². The Hall–Kier alpha value is -1.65. The zero-order valence-electron chi connectivity index (χ0n) is 11.2. The second kappa shape index (κ2) is 4.79. The summed E-state index contributed by atoms with van der Waals surface area (Å²) < 4.78 is 0. The minimum absolute atomic E-state index is 0.00546. The zero-order valence-corrected chi connectivity index (χ0v) is 11.2. The molecule has 1 aliphatic heterocycles. The van der Waals surface area contributed by atoms with Crippen LogP contribution in [0.3, 0.4) is 0 Å². The van der Waals surface area contributed by atoms with Gasteiger partial charge in [-0.05, 0) is 32.6 Å². The molecule has 1 saturated heterocycles. The first-order valence-corrected chi connectivity index (χ1v) is 7.03. The van der Waals surface area contributed by atoms with E-state index in [-0.39, 0.29) is 23.4 Å². The van der Waals surface area contributed by atoms with Crippen molar-refractivity contribution in [2.45, 2.75) is 45.1 Å². The highest BCUT2D eigenvalue weighted by Gasteiger charge is 2.36. The Bertz CT molecular complexity index is 548. The lowest BCUT2D eigenvalue weighted by atomic mass is 9.84. The highest BCUT2D eigenvalue weighted by molar-refractivity contribution is 5.80. The number of aryl methyl sites for hydroxylation is 1. The van der Waals surface area contributed by atoms with Crippen LogP contribution in [0.1, 0.15) is 49.7 Å². The highest BCUT2D eigenvalue weighted by atomic mass is 16.2. The van der Waals surface area contributed by atoms with Crippen molar-refractivity contribution in [3.8, 4) is 0 Å². The van der Waals surface area contributed by atoms with Crippen LogP contribution in [0.2, 0.25) is 0 Å². The number of aromatic amines is 1. The first kappa shape index (κ1) is 12.4. The Morgan fingerprint density at radius 1 is 1.37 bits per heavy atom. The molecule has 1 atom stereocenters. The molecule has 2 heterocycles. The van der Waals surface area contributed by atoms with Gasteiger partial charge in [-0.15, -0.1) is 0 Å². The summed E-state index contributed by atoms with van der Waals surface area (Å²) in [7, 11) is 0. The third-order valence-corrected chi connectivity index (χ3v) is 4.21. The summed E-state index contributed by atoms with van der Waals surface area (Å²) in [6, 6.07) is 1.53. The minimum atomic E-state index is -0.134. The van der Waals surface area contributed by atoms with Crippen molar-refractivity contribution in [1.29, 1.82) is 0 Å². The number of nitrogens with zero attached hydrogens (tertiary/aromatic N) is 2. The molecule has 1 amide bonds. The Labute approximate surface area is 112 Å². The molecule has 2 aliphatic rings. The number of amides is 1. The standard InChI is InChI=1S/C14H19N3O2/c1-9-15-11(8-13(18)16-9)12-6-3-7-17(12)14(19)10-4-2-5-10/h8,10,12H,2-7H2,1H3,(H,15,16,18)/t12-/m1/s1. The molecule has 1 aromatic heterocycles. The van der Waals surface area contributed by atoms with Crippen molar-refractivity contribution in [3.63, 3.8) is 0 Å². The summed E-state index contributed by atoms with van der Waals surface area (Å²) >= 11 is 0. The van der Waals surface area contributed by atoms with Crippen LogP contribution in [-0.2, 0) is 4.79 Å². The van der Waals surface area contributed by atoms with Crippen molar-refractivity contribution >= 4 is 5.91 Å². The molecule has 3 rings (SSSR count). The predicted octanol–water partition coefficient (Wildman–Crippen LogP) is 1.54. The van der Waals surface area contributed by atoms with Crippen molar-refractivity contribution < 1.29 is 4.79 Å². The number of H-pyrrole nitrogens is 1. The molecule has 2 fully saturated rings. The van der Waals surface area contributed by atoms with Gasteiger partial charge >= 0.3 is 0 Å². The quantitative estimate of drug-likeness (QED) is 0.878. The van der Waals surface area contributed by atoms with Crippen LogP contribution in [0.25, 0.3) is 0 Å². The minimum Gasteiger partial charge on any atom is -0.334 e. The highest BCUT2D eigenvalue weighted by Crippen LogP contribution is 2.36. The van der Waals surface area contributed by atoms with Gasteiger partial charge in [-0.1, -0.05) is 6.42 Å². The summed E-state index contributed by atoms with van der Waals surface area (Å²) in [5.74, 6) is 1.09. The van der Waals surface area contributed by atoms with Crippen LogP contribution in [0.4, 0.5) is 0 Å². The number of hydrogen-bond donors (Lipinski definition) is 1. The van der Waals surface area contributed by atoms with Crippen molar-refractivity contribution in [2.75, 3.05) is 6.54 Å². The molecule has 1 N–H and O–H groups in total. The molecule has 0 bridgehead atoms. The van der Waals surface area contributed by atoms with E-state index in [9.17, 15) is 9.59 Å². The lowest BCUT2D eigenvalue weighted by Crippen LogP contribution is -2.39. The maximum atomic E-state index is 12.4. The van der Waals surface area contributed by atoms with Gasteiger partial charge in [0.05, 0.1) is 11.7 Å². The zero-order chi connectivity index (χ0) is 13.4. The van der Waals surface area contributed by atoms with Gasteiger partial charge in [-0.2, -0.15) is 0 Å². The van der Waals surface area contributed by atoms with Gasteiger partial charge in [0.25, 0.3) is 5.56 Å². The Morgan fingerprint density at radius 2 is 2.16 bits per heavy atom. The van der Waals surface area contributed by atoms with E-state index in [1.54, 1.807) is 6.92 Å². The predicted molar refractivity (Wildman–Crippen MR) is 70.6 cm³/mol. The molecule has 1 aromatic rings. The summed E-state index contributed by atoms with van der Waals surface area (Å²) in [4.78, 5) is 32.9. The maximum Gasteiger partial charge on any atom is 0.251 e. The van der Waals surface area contributed by atoms with E-state index in [1.165, 1.54) is 6.07 Å². The molecule has 0 radical (unpaired) electrons. The van der Waals surface area contributed by atoms with Crippen LogP contribution in [0.15, 0.2) is 10.9 Å². The van der Waals surface area contributed by atoms with Crippen LogP contribution < -0.4 is 5.56 Å². The second-order valence-corrected chi connectivity index (χ2v) is 5.57. The van der Waals surface area contributed by atoms with E-state index in [0.29, 0.717) is 5.82 Å². The van der Waals surface area contributed by atoms with E-state index < -0.39 is 0 Å². The van der Waals surface area contributed by atoms with E-state index in [2.05, 4.69) is 9.97 Å². The molecule has 19 heavy (non-hydrogen) atoms. The van der Waals surface area contributed by atoms with Crippen molar-refractivity contribution in [2.24, 2.45) is 5.92 Å². The first-order valence-electron chi connectivity index (χ1n) is 7.03. The smallest absolute Gasteiger partial charge is 0.251 e. The van der Waals surface area contributed by atoms with E-state index in [0.717, 1.165) is 44.3 Å². The van der Waals surface area contributed by atoms with E-state index in [4.69, 9.17) is 0 Å². The fourth-order valence-corrected chi connectivity index (χ4v) is 3.00. The average Bonchev–Trinajstić information content (AvgIpc) is 2.73. The molecule has 0 spiro atoms. The fraction of sp³-hybridized carbons (Fsp3) is 0.643. The number of nitrogens with one attached hydrogen (secondary N) is 1. The van der Waals surface area contributed by atoms with Gasteiger partial charge < -0.3 is 9.88 Å². The van der Waals surface area contributed by atoms with Crippen LogP contribution in [-0.4, -0.2) is 27.3 Å². The molecule has 1 aliphatic carbocycles. The summed E-state index contributed by atoms with van der Waals surface area (Å²) in [6.07, 6.45) is 5.11. The Kier molecular flexibility index (Phi) is 3.12. The number of hydrogen-bond acceptors (Lipinski definition) is 3. The summed E-state index contributed by atoms with van der Waals surface area (Å²) in [6.45, 7) is 2.57. The van der Waals surface area contributed by atoms with Gasteiger partial charge in [-0.25, -0.2) is 4.98 Å². The van der Waals surface area contributed by atoms with E-state index in [1.807, 2.05) is 4.90 Å². The van der Waals surface area contributed by atoms with Crippen LogP contribution in [0.5, 0.6) is 0 Å². The third-order valence-electron chi connectivity index (χ3n) is 4.21. The van der Waals surface area contributed by atoms with Crippen LogP contribution >= 0.6 is 0 Å². The lowest BCUT2D eigenvalue weighted by molar-refractivity contribution is -0.139. The third kappa shape index (κ3) is 2.29. The number of carbonyl (C=O) groups excluding carboxylic acids is 1. The van der Waals surface area contributed by atoms with Gasteiger partial charge in [0.2, 0.25) is 5.91 Å². The Balaban J connectivity index is 1.85. The maximum absolute atomic E-state index is 12.4. The fourth-order valence-electron chi connectivity index (χ4n) is 3.00. The molecule has 1 saturated carbocycles. The average molecular weight is 261 g/mol. The molecule has 0 unspecified atom stereocenters. The van der Waals surface area contributed by atoms with Gasteiger partial charge in [0.1, 0.15) is 5.82 Å². The number of rotatable bonds is 2. The molecular formula is C14H19N3O2. The number of aromatic nitrogens is 2. The van der Waals surface area contributed by atoms with Gasteiger partial charge in [-0.3, -0.25) is 9.59 Å². The molecule has 102 valence electrons. The number of likely N-dealkylation sites (tertiary alicyclic amines) is 1. The first-order chi connectivity index (χ1) is 9.15. The van der Waals surface area contributed by atoms with Gasteiger partial charge in [0.15, 0.2) is 0 Å². The summed E-state index contributed by atoms with van der Waals surface area (Å²) in [5, 5.41) is 0. The largest absolute Gasteiger partial charge is 0.334 e. The monoisotopic (exact) mass is 261 g/mol. The molecular weight excluding hydrogens is 242 g/mol. The number of carbonyl (C=O) groups is 1.